The molecule has 0 unspecified atom stereocenters. The Hall–Kier alpha value is -4.11. The number of nitrogens with zero attached hydrogens (tertiary/aromatic N) is 1. The Balaban J connectivity index is 1.99. The topological polar surface area (TPSA) is 146 Å². The maximum Gasteiger partial charge on any atom is 0.306 e. The van der Waals surface area contributed by atoms with Crippen molar-refractivity contribution >= 4 is 11.8 Å². The van der Waals surface area contributed by atoms with Crippen LogP contribution in [-0.4, -0.2) is 44.3 Å². The van der Waals surface area contributed by atoms with Crippen molar-refractivity contribution in [1.82, 2.24) is 4.98 Å². The fourth-order valence-electron chi connectivity index (χ4n) is 4.44. The van der Waals surface area contributed by atoms with Crippen LogP contribution in [0.2, 0.25) is 0 Å². The number of aryl methyl sites for hydroxylation is 1. The van der Waals surface area contributed by atoms with Gasteiger partial charge in [0.1, 0.15) is 29.1 Å². The Kier molecular flexibility index (Phi) is 6.36. The zero-order valence-corrected chi connectivity index (χ0v) is 19.4. The highest BCUT2D eigenvalue weighted by atomic mass is 16.5. The molecule has 0 fully saturated rings. The van der Waals surface area contributed by atoms with Gasteiger partial charge in [0.05, 0.1) is 31.4 Å². The molecule has 1 aromatic heterocycles. The lowest BCUT2D eigenvalue weighted by Gasteiger charge is -2.24. The summed E-state index contributed by atoms with van der Waals surface area (Å²) < 4.78 is 10.7. The van der Waals surface area contributed by atoms with Gasteiger partial charge in [0.15, 0.2) is 5.78 Å². The summed E-state index contributed by atoms with van der Waals surface area (Å²) in [5.41, 5.74) is 1.75. The van der Waals surface area contributed by atoms with Crippen LogP contribution in [-0.2, 0) is 20.9 Å². The second kappa shape index (κ2) is 9.27. The molecule has 9 nitrogen and oxygen atoms in total. The first-order valence-corrected chi connectivity index (χ1v) is 10.9. The van der Waals surface area contributed by atoms with Gasteiger partial charge in [-0.05, 0) is 37.6 Å². The molecule has 4 N–H and O–H groups in total. The quantitative estimate of drug-likeness (QED) is 0.307. The molecule has 3 aromatic rings. The van der Waals surface area contributed by atoms with E-state index in [1.807, 2.05) is 0 Å². The average Bonchev–Trinajstić information content (AvgIpc) is 3.25. The van der Waals surface area contributed by atoms with Crippen molar-refractivity contribution < 1.29 is 39.5 Å². The number of pyridine rings is 1. The number of ketones is 1. The van der Waals surface area contributed by atoms with Gasteiger partial charge in [-0.25, -0.2) is 0 Å². The van der Waals surface area contributed by atoms with E-state index in [1.165, 1.54) is 32.2 Å². The minimum atomic E-state index is -0.971. The number of carbonyl (C=O) groups excluding carboxylic acids is 2. The van der Waals surface area contributed by atoms with Gasteiger partial charge in [0.25, 0.3) is 0 Å². The normalized spacial score (nSPS) is 15.5. The van der Waals surface area contributed by atoms with Gasteiger partial charge in [0, 0.05) is 34.4 Å². The summed E-state index contributed by atoms with van der Waals surface area (Å²) in [6.07, 6.45) is 0.326. The first-order chi connectivity index (χ1) is 16.6. The van der Waals surface area contributed by atoms with Gasteiger partial charge in [-0.15, -0.1) is 0 Å². The number of hydrogen-bond donors (Lipinski definition) is 4. The Labute approximate surface area is 201 Å². The molecule has 4 rings (SSSR count). The summed E-state index contributed by atoms with van der Waals surface area (Å²) in [6.45, 7) is 3.00. The minimum Gasteiger partial charge on any atom is -0.508 e. The molecule has 0 saturated heterocycles. The van der Waals surface area contributed by atoms with Crippen LogP contribution in [0.15, 0.2) is 36.5 Å². The second-order valence-electron chi connectivity index (χ2n) is 8.43. The number of fused-ring (bicyclic) bond motifs is 1. The smallest absolute Gasteiger partial charge is 0.306 e. The monoisotopic (exact) mass is 479 g/mol. The SMILES string of the molecule is COC(=O)C[C@H](c1cccc(O)c1)c1c(O)c(C(C)=O)cc([C@H]2OCc3cnc(C)c(O)c32)c1O. The van der Waals surface area contributed by atoms with Crippen LogP contribution in [0.4, 0.5) is 0 Å². The van der Waals surface area contributed by atoms with Crippen LogP contribution in [0.1, 0.15) is 69.2 Å². The molecule has 0 spiro atoms. The summed E-state index contributed by atoms with van der Waals surface area (Å²) in [5, 5.41) is 43.2. The fraction of sp³-hybridized carbons (Fsp3) is 0.269. The summed E-state index contributed by atoms with van der Waals surface area (Å²) in [5.74, 6) is -3.16. The first-order valence-electron chi connectivity index (χ1n) is 10.9. The molecule has 0 saturated carbocycles. The number of carbonyl (C=O) groups is 2. The average molecular weight is 479 g/mol. The van der Waals surface area contributed by atoms with E-state index < -0.39 is 35.3 Å². The van der Waals surface area contributed by atoms with E-state index in [1.54, 1.807) is 25.3 Å². The zero-order chi connectivity index (χ0) is 25.4. The van der Waals surface area contributed by atoms with Crippen LogP contribution in [0.5, 0.6) is 23.0 Å². The summed E-state index contributed by atoms with van der Waals surface area (Å²) >= 11 is 0. The van der Waals surface area contributed by atoms with Crippen LogP contribution >= 0.6 is 0 Å². The van der Waals surface area contributed by atoms with E-state index >= 15 is 0 Å². The number of aromatic nitrogens is 1. The molecular weight excluding hydrogens is 454 g/mol. The summed E-state index contributed by atoms with van der Waals surface area (Å²) in [4.78, 5) is 28.9. The van der Waals surface area contributed by atoms with Gasteiger partial charge >= 0.3 is 5.97 Å². The van der Waals surface area contributed by atoms with Crippen LogP contribution < -0.4 is 0 Å². The van der Waals surface area contributed by atoms with Crippen molar-refractivity contribution in [2.45, 2.75) is 38.9 Å². The molecule has 0 amide bonds. The van der Waals surface area contributed by atoms with Crippen molar-refractivity contribution in [2.24, 2.45) is 0 Å². The number of Topliss-reactive ketones (excluding diaryl/α,β-unsaturated/α-hetero) is 1. The minimum absolute atomic E-state index is 0.0831. The molecular formula is C26H25NO8. The van der Waals surface area contributed by atoms with E-state index in [2.05, 4.69) is 4.98 Å². The van der Waals surface area contributed by atoms with Crippen molar-refractivity contribution in [1.29, 1.82) is 0 Å². The number of esters is 1. The third-order valence-corrected chi connectivity index (χ3v) is 6.25. The van der Waals surface area contributed by atoms with E-state index in [9.17, 15) is 30.0 Å². The molecule has 2 atom stereocenters. The van der Waals surface area contributed by atoms with Crippen molar-refractivity contribution in [3.05, 3.63) is 75.6 Å². The number of rotatable bonds is 6. The lowest BCUT2D eigenvalue weighted by atomic mass is 9.83. The van der Waals surface area contributed by atoms with Crippen LogP contribution in [0.25, 0.3) is 0 Å². The molecule has 2 heterocycles. The summed E-state index contributed by atoms with van der Waals surface area (Å²) in [7, 11) is 1.21. The highest BCUT2D eigenvalue weighted by Gasteiger charge is 2.36. The molecule has 35 heavy (non-hydrogen) atoms. The fourth-order valence-corrected chi connectivity index (χ4v) is 4.44. The lowest BCUT2D eigenvalue weighted by molar-refractivity contribution is -0.140. The van der Waals surface area contributed by atoms with Crippen LogP contribution in [0.3, 0.4) is 0 Å². The maximum absolute atomic E-state index is 12.5. The Morgan fingerprint density at radius 2 is 1.89 bits per heavy atom. The van der Waals surface area contributed by atoms with E-state index in [4.69, 9.17) is 9.47 Å². The standard InChI is InChI=1S/C26H25NO8/c1-12-23(31)21-15(10-27-12)11-35-26(21)19-8-17(13(2)28)24(32)22(25(19)33)18(9-20(30)34-3)14-5-4-6-16(29)7-14/h4-8,10,18,26,29,31-33H,9,11H2,1-3H3/t18-,26-/m1/s1. The number of benzene rings is 2. The van der Waals surface area contributed by atoms with Gasteiger partial charge in [-0.1, -0.05) is 12.1 Å². The van der Waals surface area contributed by atoms with Crippen molar-refractivity contribution in [3.63, 3.8) is 0 Å². The number of phenolic OH excluding ortho intramolecular Hbond substituents is 3. The number of aromatic hydroxyl groups is 4. The van der Waals surface area contributed by atoms with E-state index in [-0.39, 0.29) is 41.2 Å². The Morgan fingerprint density at radius 1 is 1.14 bits per heavy atom. The summed E-state index contributed by atoms with van der Waals surface area (Å²) in [6, 6.07) is 7.34. The molecule has 2 aromatic carbocycles. The molecule has 0 radical (unpaired) electrons. The van der Waals surface area contributed by atoms with Gasteiger partial charge < -0.3 is 29.9 Å². The molecule has 1 aliphatic rings. The number of methoxy groups -OCH3 is 1. The Morgan fingerprint density at radius 3 is 2.54 bits per heavy atom. The lowest BCUT2D eigenvalue weighted by Crippen LogP contribution is -2.13. The van der Waals surface area contributed by atoms with Gasteiger partial charge in [-0.2, -0.15) is 0 Å². The van der Waals surface area contributed by atoms with E-state index in [0.717, 1.165) is 0 Å². The van der Waals surface area contributed by atoms with E-state index in [0.29, 0.717) is 22.4 Å². The molecule has 9 heteroatoms. The largest absolute Gasteiger partial charge is 0.508 e. The predicted octanol–water partition coefficient (Wildman–Crippen LogP) is 3.73. The van der Waals surface area contributed by atoms with Crippen molar-refractivity contribution in [2.75, 3.05) is 7.11 Å². The van der Waals surface area contributed by atoms with Gasteiger partial charge in [-0.3, -0.25) is 14.6 Å². The number of ether oxygens (including phenoxy) is 2. The highest BCUT2D eigenvalue weighted by molar-refractivity contribution is 5.98. The zero-order valence-electron chi connectivity index (χ0n) is 19.4. The third-order valence-electron chi connectivity index (χ3n) is 6.25. The first kappa shape index (κ1) is 24.0. The molecule has 182 valence electrons. The molecule has 0 bridgehead atoms. The molecule has 1 aliphatic heterocycles. The predicted molar refractivity (Wildman–Crippen MR) is 124 cm³/mol. The highest BCUT2D eigenvalue weighted by Crippen LogP contribution is 2.50. The number of phenols is 3. The van der Waals surface area contributed by atoms with Gasteiger partial charge in [0.2, 0.25) is 0 Å². The van der Waals surface area contributed by atoms with Crippen molar-refractivity contribution in [3.8, 4) is 23.0 Å². The molecule has 0 aliphatic carbocycles. The number of hydrogen-bond acceptors (Lipinski definition) is 9. The second-order valence-corrected chi connectivity index (χ2v) is 8.43. The van der Waals surface area contributed by atoms with Crippen LogP contribution in [0, 0.1) is 6.92 Å². The maximum atomic E-state index is 12.5. The Bertz CT molecular complexity index is 1330. The third kappa shape index (κ3) is 4.26.